The van der Waals surface area contributed by atoms with Gasteiger partial charge in [-0.2, -0.15) is 4.98 Å². The van der Waals surface area contributed by atoms with Gasteiger partial charge in [-0.05, 0) is 22.9 Å². The molecule has 106 valence electrons. The molecule has 0 unspecified atom stereocenters. The van der Waals surface area contributed by atoms with Crippen molar-refractivity contribution in [2.75, 3.05) is 12.3 Å². The third-order valence-electron chi connectivity index (χ3n) is 3.20. The summed E-state index contributed by atoms with van der Waals surface area (Å²) >= 11 is 0. The molecule has 0 aliphatic carbocycles. The maximum Gasteiger partial charge on any atom is 0.253 e. The van der Waals surface area contributed by atoms with Gasteiger partial charge in [0.1, 0.15) is 0 Å². The fraction of sp³-hybridized carbons (Fsp3) is 0.133. The summed E-state index contributed by atoms with van der Waals surface area (Å²) in [7, 11) is 0. The Bertz CT molecular complexity index is 768. The van der Waals surface area contributed by atoms with Crippen molar-refractivity contribution in [1.29, 1.82) is 0 Å². The minimum atomic E-state index is -0.207. The second-order valence-electron chi connectivity index (χ2n) is 4.64. The third kappa shape index (κ3) is 2.84. The minimum Gasteiger partial charge on any atom is -0.398 e. The van der Waals surface area contributed by atoms with Gasteiger partial charge >= 0.3 is 0 Å². The van der Waals surface area contributed by atoms with E-state index in [0.29, 0.717) is 30.0 Å². The summed E-state index contributed by atoms with van der Waals surface area (Å²) in [6.45, 7) is 0.421. The highest BCUT2D eigenvalue weighted by Crippen LogP contribution is 2.21. The Morgan fingerprint density at radius 3 is 2.71 bits per heavy atom. The molecule has 0 spiro atoms. The Morgan fingerprint density at radius 1 is 1.24 bits per heavy atom. The number of amides is 1. The molecule has 1 aromatic heterocycles. The number of fused-ring (bicyclic) bond motifs is 1. The van der Waals surface area contributed by atoms with E-state index in [0.717, 1.165) is 10.8 Å². The van der Waals surface area contributed by atoms with Crippen LogP contribution in [0.5, 0.6) is 0 Å². The quantitative estimate of drug-likeness (QED) is 0.711. The van der Waals surface area contributed by atoms with Crippen molar-refractivity contribution >= 4 is 22.4 Å². The van der Waals surface area contributed by atoms with Crippen LogP contribution >= 0.6 is 0 Å². The van der Waals surface area contributed by atoms with E-state index in [1.807, 2.05) is 30.3 Å². The van der Waals surface area contributed by atoms with Crippen molar-refractivity contribution < 1.29 is 9.32 Å². The number of hydrogen-bond donors (Lipinski definition) is 2. The molecule has 0 aliphatic heterocycles. The highest BCUT2D eigenvalue weighted by atomic mass is 16.5. The molecule has 0 saturated heterocycles. The minimum absolute atomic E-state index is 0.207. The number of nitrogens with zero attached hydrogens (tertiary/aromatic N) is 2. The highest BCUT2D eigenvalue weighted by Gasteiger charge is 2.11. The lowest BCUT2D eigenvalue weighted by Gasteiger charge is -2.08. The van der Waals surface area contributed by atoms with Gasteiger partial charge < -0.3 is 15.6 Å². The van der Waals surface area contributed by atoms with Gasteiger partial charge in [0.2, 0.25) is 6.39 Å². The SMILES string of the molecule is Nc1cc2ccccc2cc1C(=O)NCCc1ncon1. The average molecular weight is 282 g/mol. The lowest BCUT2D eigenvalue weighted by molar-refractivity contribution is 0.0955. The standard InChI is InChI=1S/C15H14N4O2/c16-13-8-11-4-2-1-3-10(11)7-12(13)15(20)17-6-5-14-18-9-21-19-14/h1-4,7-9H,5-6,16H2,(H,17,20). The second-order valence-corrected chi connectivity index (χ2v) is 4.64. The first-order valence-electron chi connectivity index (χ1n) is 6.56. The van der Waals surface area contributed by atoms with Crippen molar-refractivity contribution in [3.8, 4) is 0 Å². The van der Waals surface area contributed by atoms with Crippen molar-refractivity contribution in [2.45, 2.75) is 6.42 Å². The van der Waals surface area contributed by atoms with E-state index in [4.69, 9.17) is 5.73 Å². The van der Waals surface area contributed by atoms with Gasteiger partial charge in [0.25, 0.3) is 5.91 Å². The summed E-state index contributed by atoms with van der Waals surface area (Å²) in [6.07, 6.45) is 1.77. The molecule has 2 aromatic carbocycles. The third-order valence-corrected chi connectivity index (χ3v) is 3.20. The number of nitrogen functional groups attached to an aromatic ring is 1. The van der Waals surface area contributed by atoms with Crippen LogP contribution in [0.25, 0.3) is 10.8 Å². The van der Waals surface area contributed by atoms with Gasteiger partial charge in [-0.3, -0.25) is 4.79 Å². The lowest BCUT2D eigenvalue weighted by Crippen LogP contribution is -2.26. The first kappa shape index (κ1) is 13.1. The van der Waals surface area contributed by atoms with Crippen LogP contribution < -0.4 is 11.1 Å². The highest BCUT2D eigenvalue weighted by molar-refractivity contribution is 6.03. The molecule has 21 heavy (non-hydrogen) atoms. The van der Waals surface area contributed by atoms with Gasteiger partial charge in [-0.25, -0.2) is 0 Å². The van der Waals surface area contributed by atoms with E-state index in [2.05, 4.69) is 20.0 Å². The van der Waals surface area contributed by atoms with E-state index in [1.54, 1.807) is 6.07 Å². The number of anilines is 1. The van der Waals surface area contributed by atoms with E-state index in [1.165, 1.54) is 6.39 Å². The normalized spacial score (nSPS) is 10.7. The topological polar surface area (TPSA) is 94.0 Å². The number of benzene rings is 2. The summed E-state index contributed by atoms with van der Waals surface area (Å²) in [5, 5.41) is 8.48. The first-order valence-corrected chi connectivity index (χ1v) is 6.56. The Morgan fingerprint density at radius 2 is 2.00 bits per heavy atom. The van der Waals surface area contributed by atoms with Crippen LogP contribution in [0.1, 0.15) is 16.2 Å². The molecule has 1 amide bonds. The fourth-order valence-corrected chi connectivity index (χ4v) is 2.14. The summed E-state index contributed by atoms with van der Waals surface area (Å²) in [4.78, 5) is 16.1. The maximum absolute atomic E-state index is 12.2. The maximum atomic E-state index is 12.2. The summed E-state index contributed by atoms with van der Waals surface area (Å²) in [6, 6.07) is 11.4. The molecule has 0 fully saturated rings. The Hall–Kier alpha value is -2.89. The van der Waals surface area contributed by atoms with Crippen LogP contribution in [0.2, 0.25) is 0 Å². The molecule has 6 nitrogen and oxygen atoms in total. The van der Waals surface area contributed by atoms with Gasteiger partial charge in [0.15, 0.2) is 5.82 Å². The van der Waals surface area contributed by atoms with Gasteiger partial charge in [0, 0.05) is 18.7 Å². The van der Waals surface area contributed by atoms with E-state index in [9.17, 15) is 4.79 Å². The zero-order chi connectivity index (χ0) is 14.7. The van der Waals surface area contributed by atoms with Crippen LogP contribution in [0.4, 0.5) is 5.69 Å². The van der Waals surface area contributed by atoms with Crippen LogP contribution in [-0.2, 0) is 6.42 Å². The smallest absolute Gasteiger partial charge is 0.253 e. The Balaban J connectivity index is 1.73. The second kappa shape index (κ2) is 5.62. The molecule has 0 saturated carbocycles. The summed E-state index contributed by atoms with van der Waals surface area (Å²) in [5.74, 6) is 0.350. The Labute approximate surface area is 121 Å². The molecule has 0 bridgehead atoms. The Kier molecular flexibility index (Phi) is 3.51. The van der Waals surface area contributed by atoms with E-state index < -0.39 is 0 Å². The predicted octanol–water partition coefficient (Wildman–Crippen LogP) is 1.78. The molecule has 3 rings (SSSR count). The van der Waals surface area contributed by atoms with Crippen LogP contribution in [0, 0.1) is 0 Å². The van der Waals surface area contributed by atoms with E-state index in [-0.39, 0.29) is 5.91 Å². The molecule has 3 aromatic rings. The van der Waals surface area contributed by atoms with Gasteiger partial charge in [-0.1, -0.05) is 29.4 Å². The average Bonchev–Trinajstić information content (AvgIpc) is 2.99. The zero-order valence-electron chi connectivity index (χ0n) is 11.2. The molecule has 6 heteroatoms. The summed E-state index contributed by atoms with van der Waals surface area (Å²) in [5.41, 5.74) is 6.89. The first-order chi connectivity index (χ1) is 10.2. The fourth-order valence-electron chi connectivity index (χ4n) is 2.14. The monoisotopic (exact) mass is 282 g/mol. The molecule has 0 radical (unpaired) electrons. The van der Waals surface area contributed by atoms with Crippen LogP contribution in [-0.4, -0.2) is 22.6 Å². The molecule has 0 aliphatic rings. The van der Waals surface area contributed by atoms with E-state index >= 15 is 0 Å². The number of nitrogens with one attached hydrogen (secondary N) is 1. The van der Waals surface area contributed by atoms with Gasteiger partial charge in [-0.15, -0.1) is 0 Å². The molecule has 0 atom stereocenters. The number of carbonyl (C=O) groups is 1. The zero-order valence-corrected chi connectivity index (χ0v) is 11.2. The number of rotatable bonds is 4. The molecular formula is C15H14N4O2. The number of nitrogens with two attached hydrogens (primary N) is 1. The number of hydrogen-bond acceptors (Lipinski definition) is 5. The predicted molar refractivity (Wildman–Crippen MR) is 78.7 cm³/mol. The number of carbonyl (C=O) groups excluding carboxylic acids is 1. The lowest BCUT2D eigenvalue weighted by atomic mass is 10.0. The largest absolute Gasteiger partial charge is 0.398 e. The van der Waals surface area contributed by atoms with Gasteiger partial charge in [0.05, 0.1) is 5.56 Å². The van der Waals surface area contributed by atoms with Crippen LogP contribution in [0.15, 0.2) is 47.3 Å². The number of aromatic nitrogens is 2. The molecule has 1 heterocycles. The summed E-state index contributed by atoms with van der Waals surface area (Å²) < 4.78 is 4.63. The van der Waals surface area contributed by atoms with Crippen LogP contribution in [0.3, 0.4) is 0 Å². The molecule has 3 N–H and O–H groups in total. The molecular weight excluding hydrogens is 268 g/mol. The van der Waals surface area contributed by atoms with Crippen molar-refractivity contribution in [2.24, 2.45) is 0 Å². The van der Waals surface area contributed by atoms with Crippen molar-refractivity contribution in [3.63, 3.8) is 0 Å². The van der Waals surface area contributed by atoms with Crippen molar-refractivity contribution in [1.82, 2.24) is 15.5 Å². The van der Waals surface area contributed by atoms with Crippen molar-refractivity contribution in [3.05, 3.63) is 54.2 Å².